The van der Waals surface area contributed by atoms with Crippen molar-refractivity contribution in [1.29, 1.82) is 0 Å². The number of hydrogen-bond acceptors (Lipinski definition) is 4. The Bertz CT molecular complexity index is 639. The summed E-state index contributed by atoms with van der Waals surface area (Å²) < 4.78 is 5.20. The van der Waals surface area contributed by atoms with Crippen LogP contribution in [0.15, 0.2) is 24.3 Å². The summed E-state index contributed by atoms with van der Waals surface area (Å²) in [5, 5.41) is 3.27. The number of aryl methyl sites for hydroxylation is 1. The van der Waals surface area contributed by atoms with Gasteiger partial charge in [-0.2, -0.15) is 0 Å². The average Bonchev–Trinajstić information content (AvgIpc) is 2.72. The Kier molecular flexibility index (Phi) is 6.72. The van der Waals surface area contributed by atoms with E-state index >= 15 is 0 Å². The highest BCUT2D eigenvalue weighted by atomic mass is 16.5. The number of methoxy groups -OCH3 is 1. The van der Waals surface area contributed by atoms with E-state index in [0.717, 1.165) is 44.5 Å². The molecule has 0 aliphatic carbocycles. The Labute approximate surface area is 161 Å². The summed E-state index contributed by atoms with van der Waals surface area (Å²) in [5.74, 6) is 1.76. The molecule has 6 nitrogen and oxygen atoms in total. The minimum absolute atomic E-state index is 0.0477. The van der Waals surface area contributed by atoms with E-state index in [2.05, 4.69) is 17.4 Å². The molecule has 1 N–H and O–H groups in total. The largest absolute Gasteiger partial charge is 0.497 e. The lowest BCUT2D eigenvalue weighted by Crippen LogP contribution is -2.59. The molecule has 0 bridgehead atoms. The van der Waals surface area contributed by atoms with Crippen molar-refractivity contribution in [3.05, 3.63) is 29.8 Å². The molecule has 0 aromatic heterocycles. The van der Waals surface area contributed by atoms with Crippen LogP contribution in [0.2, 0.25) is 0 Å². The van der Waals surface area contributed by atoms with Gasteiger partial charge in [-0.15, -0.1) is 0 Å². The van der Waals surface area contributed by atoms with Gasteiger partial charge in [-0.1, -0.05) is 12.1 Å². The molecular weight excluding hydrogens is 342 g/mol. The highest BCUT2D eigenvalue weighted by Gasteiger charge is 2.31. The standard InChI is InChI=1S/C21H31N3O3/c1-16(25)24-14-11-22-20(15-24)21(26)23-12-9-18(10-13-23)4-3-17-5-7-19(27-2)8-6-17/h5-8,18,20,22H,3-4,9-15H2,1-2H3. The summed E-state index contributed by atoms with van der Waals surface area (Å²) in [6.07, 6.45) is 4.35. The molecule has 0 spiro atoms. The maximum Gasteiger partial charge on any atom is 0.241 e. The number of nitrogens with one attached hydrogen (secondary N) is 1. The van der Waals surface area contributed by atoms with E-state index in [1.54, 1.807) is 18.9 Å². The van der Waals surface area contributed by atoms with E-state index in [0.29, 0.717) is 25.6 Å². The van der Waals surface area contributed by atoms with Crippen molar-refractivity contribution in [2.45, 2.75) is 38.6 Å². The van der Waals surface area contributed by atoms with Crippen molar-refractivity contribution in [1.82, 2.24) is 15.1 Å². The van der Waals surface area contributed by atoms with Gasteiger partial charge >= 0.3 is 0 Å². The minimum Gasteiger partial charge on any atom is -0.497 e. The fourth-order valence-electron chi connectivity index (χ4n) is 4.03. The lowest BCUT2D eigenvalue weighted by molar-refractivity contribution is -0.138. The van der Waals surface area contributed by atoms with E-state index in [1.165, 1.54) is 5.56 Å². The number of likely N-dealkylation sites (tertiary alicyclic amines) is 1. The van der Waals surface area contributed by atoms with Gasteiger partial charge in [-0.05, 0) is 49.3 Å². The zero-order chi connectivity index (χ0) is 19.2. The first kappa shape index (κ1) is 19.7. The van der Waals surface area contributed by atoms with Crippen LogP contribution >= 0.6 is 0 Å². The molecule has 2 amide bonds. The van der Waals surface area contributed by atoms with Crippen molar-refractivity contribution < 1.29 is 14.3 Å². The molecule has 3 rings (SSSR count). The molecule has 0 saturated carbocycles. The van der Waals surface area contributed by atoms with Crippen molar-refractivity contribution in [2.75, 3.05) is 39.8 Å². The second-order valence-corrected chi connectivity index (χ2v) is 7.63. The minimum atomic E-state index is -0.251. The van der Waals surface area contributed by atoms with Gasteiger partial charge in [-0.25, -0.2) is 0 Å². The molecule has 0 radical (unpaired) electrons. The number of hydrogen-bond donors (Lipinski definition) is 1. The summed E-state index contributed by atoms with van der Waals surface area (Å²) in [7, 11) is 1.69. The average molecular weight is 373 g/mol. The Balaban J connectivity index is 1.42. The number of amides is 2. The third kappa shape index (κ3) is 5.22. The van der Waals surface area contributed by atoms with Gasteiger partial charge in [0.1, 0.15) is 11.8 Å². The Morgan fingerprint density at radius 3 is 2.44 bits per heavy atom. The van der Waals surface area contributed by atoms with Gasteiger partial charge in [-0.3, -0.25) is 9.59 Å². The van der Waals surface area contributed by atoms with Crippen LogP contribution in [0.5, 0.6) is 5.75 Å². The van der Waals surface area contributed by atoms with E-state index in [4.69, 9.17) is 4.74 Å². The van der Waals surface area contributed by atoms with E-state index < -0.39 is 0 Å². The van der Waals surface area contributed by atoms with Crippen LogP contribution in [0.25, 0.3) is 0 Å². The molecule has 27 heavy (non-hydrogen) atoms. The molecule has 1 aromatic carbocycles. The summed E-state index contributed by atoms with van der Waals surface area (Å²) in [5.41, 5.74) is 1.34. The van der Waals surface area contributed by atoms with Crippen LogP contribution in [-0.2, 0) is 16.0 Å². The predicted molar refractivity (Wildman–Crippen MR) is 105 cm³/mol. The van der Waals surface area contributed by atoms with Crippen molar-refractivity contribution in [3.63, 3.8) is 0 Å². The summed E-state index contributed by atoms with van der Waals surface area (Å²) >= 11 is 0. The molecule has 2 heterocycles. The third-order valence-corrected chi connectivity index (χ3v) is 5.85. The second kappa shape index (κ2) is 9.22. The first-order valence-corrected chi connectivity index (χ1v) is 9.97. The second-order valence-electron chi connectivity index (χ2n) is 7.63. The Hall–Kier alpha value is -2.08. The van der Waals surface area contributed by atoms with Crippen LogP contribution < -0.4 is 10.1 Å². The molecular formula is C21H31N3O3. The molecule has 1 aromatic rings. The molecule has 1 atom stereocenters. The van der Waals surface area contributed by atoms with Crippen LogP contribution in [0.4, 0.5) is 0 Å². The van der Waals surface area contributed by atoms with Gasteiger partial charge in [0.2, 0.25) is 11.8 Å². The number of piperidine rings is 1. The molecule has 148 valence electrons. The predicted octanol–water partition coefficient (Wildman–Crippen LogP) is 1.69. The van der Waals surface area contributed by atoms with Crippen LogP contribution in [0, 0.1) is 5.92 Å². The van der Waals surface area contributed by atoms with Gasteiger partial charge < -0.3 is 19.9 Å². The lowest BCUT2D eigenvalue weighted by Gasteiger charge is -2.38. The van der Waals surface area contributed by atoms with Crippen molar-refractivity contribution in [3.8, 4) is 5.75 Å². The van der Waals surface area contributed by atoms with Crippen LogP contribution in [0.3, 0.4) is 0 Å². The van der Waals surface area contributed by atoms with Gasteiger partial charge in [0.25, 0.3) is 0 Å². The summed E-state index contributed by atoms with van der Waals surface area (Å²) in [4.78, 5) is 28.1. The van der Waals surface area contributed by atoms with Crippen molar-refractivity contribution >= 4 is 11.8 Å². The van der Waals surface area contributed by atoms with Crippen LogP contribution in [0.1, 0.15) is 31.7 Å². The van der Waals surface area contributed by atoms with Gasteiger partial charge in [0.15, 0.2) is 0 Å². The fourth-order valence-corrected chi connectivity index (χ4v) is 4.03. The smallest absolute Gasteiger partial charge is 0.241 e. The molecule has 1 unspecified atom stereocenters. The molecule has 6 heteroatoms. The van der Waals surface area contributed by atoms with Crippen molar-refractivity contribution in [2.24, 2.45) is 5.92 Å². The van der Waals surface area contributed by atoms with Gasteiger partial charge in [0, 0.05) is 39.6 Å². The maximum absolute atomic E-state index is 12.8. The molecule has 2 aliphatic rings. The molecule has 2 fully saturated rings. The zero-order valence-electron chi connectivity index (χ0n) is 16.4. The lowest BCUT2D eigenvalue weighted by atomic mass is 9.90. The summed E-state index contributed by atoms with van der Waals surface area (Å²) in [6.45, 7) is 5.09. The summed E-state index contributed by atoms with van der Waals surface area (Å²) in [6, 6.07) is 8.04. The molecule has 2 aliphatic heterocycles. The van der Waals surface area contributed by atoms with Gasteiger partial charge in [0.05, 0.1) is 7.11 Å². The van der Waals surface area contributed by atoms with E-state index in [1.807, 2.05) is 17.0 Å². The number of piperazine rings is 1. The highest BCUT2D eigenvalue weighted by Crippen LogP contribution is 2.24. The Morgan fingerprint density at radius 1 is 1.11 bits per heavy atom. The van der Waals surface area contributed by atoms with E-state index in [9.17, 15) is 9.59 Å². The Morgan fingerprint density at radius 2 is 1.81 bits per heavy atom. The number of carbonyl (C=O) groups excluding carboxylic acids is 2. The first-order chi connectivity index (χ1) is 13.1. The number of ether oxygens (including phenoxy) is 1. The normalized spacial score (nSPS) is 21.2. The monoisotopic (exact) mass is 373 g/mol. The SMILES string of the molecule is COc1ccc(CCC2CCN(C(=O)C3CN(C(C)=O)CCN3)CC2)cc1. The quantitative estimate of drug-likeness (QED) is 0.853. The first-order valence-electron chi connectivity index (χ1n) is 9.97. The van der Waals surface area contributed by atoms with Crippen LogP contribution in [-0.4, -0.2) is 67.5 Å². The number of nitrogens with zero attached hydrogens (tertiary/aromatic N) is 2. The third-order valence-electron chi connectivity index (χ3n) is 5.85. The highest BCUT2D eigenvalue weighted by molar-refractivity contribution is 5.83. The zero-order valence-corrected chi connectivity index (χ0v) is 16.4. The fraction of sp³-hybridized carbons (Fsp3) is 0.619. The van der Waals surface area contributed by atoms with E-state index in [-0.39, 0.29) is 17.9 Å². The number of rotatable bonds is 5. The maximum atomic E-state index is 12.8. The molecule has 2 saturated heterocycles. The topological polar surface area (TPSA) is 61.9 Å². The number of benzene rings is 1. The number of carbonyl (C=O) groups is 2.